The highest BCUT2D eigenvalue weighted by molar-refractivity contribution is 5.98. The van der Waals surface area contributed by atoms with E-state index in [0.717, 1.165) is 19.6 Å². The Morgan fingerprint density at radius 3 is 2.59 bits per heavy atom. The molecule has 3 N–H and O–H groups in total. The Labute approximate surface area is 220 Å². The van der Waals surface area contributed by atoms with E-state index in [2.05, 4.69) is 10.2 Å². The van der Waals surface area contributed by atoms with E-state index in [1.807, 2.05) is 25.7 Å². The van der Waals surface area contributed by atoms with Crippen LogP contribution in [0.15, 0.2) is 24.3 Å². The van der Waals surface area contributed by atoms with Crippen LogP contribution < -0.4 is 15.8 Å². The zero-order valence-electron chi connectivity index (χ0n) is 22.7. The third-order valence-electron chi connectivity index (χ3n) is 6.81. The lowest BCUT2D eigenvalue weighted by Crippen LogP contribution is -2.48. The Bertz CT molecular complexity index is 928. The van der Waals surface area contributed by atoms with Crippen LogP contribution in [-0.4, -0.2) is 111 Å². The molecule has 1 aromatic carbocycles. The number of likely N-dealkylation sites (tertiary alicyclic amines) is 1. The molecule has 2 saturated heterocycles. The van der Waals surface area contributed by atoms with Gasteiger partial charge in [0, 0.05) is 57.8 Å². The number of carbonyl (C=O) groups excluding carboxylic acids is 3. The predicted molar refractivity (Wildman–Crippen MR) is 141 cm³/mol. The number of nitrogens with one attached hydrogen (secondary N) is 1. The Balaban J connectivity index is 1.85. The van der Waals surface area contributed by atoms with E-state index in [1.165, 1.54) is 0 Å². The van der Waals surface area contributed by atoms with Crippen LogP contribution in [0.1, 0.15) is 44.0 Å². The first-order chi connectivity index (χ1) is 17.6. The van der Waals surface area contributed by atoms with Crippen LogP contribution in [-0.2, 0) is 14.3 Å². The van der Waals surface area contributed by atoms with Crippen LogP contribution >= 0.6 is 0 Å². The number of carbonyl (C=O) groups is 3. The molecule has 2 unspecified atom stereocenters. The lowest BCUT2D eigenvalue weighted by molar-refractivity contribution is -0.135. The number of ether oxygens (including phenoxy) is 2. The van der Waals surface area contributed by atoms with E-state index < -0.39 is 6.04 Å². The summed E-state index contributed by atoms with van der Waals surface area (Å²) in [4.78, 5) is 46.1. The quantitative estimate of drug-likeness (QED) is 0.475. The number of methoxy groups -OCH3 is 1. The summed E-state index contributed by atoms with van der Waals surface area (Å²) in [6.45, 7) is 11.3. The maximum absolute atomic E-state index is 13.6. The van der Waals surface area contributed by atoms with Gasteiger partial charge >= 0.3 is 0 Å². The summed E-state index contributed by atoms with van der Waals surface area (Å²) in [6.07, 6.45) is 0.769. The predicted octanol–water partition coefficient (Wildman–Crippen LogP) is 0.950. The van der Waals surface area contributed by atoms with Crippen LogP contribution in [0.4, 0.5) is 0 Å². The van der Waals surface area contributed by atoms with Gasteiger partial charge in [-0.1, -0.05) is 26.8 Å². The summed E-state index contributed by atoms with van der Waals surface area (Å²) in [7, 11) is 1.55. The molecule has 3 rings (SSSR count). The second-order valence-corrected chi connectivity index (χ2v) is 11.0. The molecule has 206 valence electrons. The normalized spacial score (nSPS) is 20.5. The maximum atomic E-state index is 13.6. The molecule has 10 heteroatoms. The summed E-state index contributed by atoms with van der Waals surface area (Å²) in [5.41, 5.74) is 5.86. The Hall–Kier alpha value is -2.69. The van der Waals surface area contributed by atoms with Crippen molar-refractivity contribution in [3.05, 3.63) is 29.8 Å². The highest BCUT2D eigenvalue weighted by Gasteiger charge is 2.43. The third-order valence-corrected chi connectivity index (χ3v) is 6.81. The molecule has 0 aliphatic carbocycles. The highest BCUT2D eigenvalue weighted by Crippen LogP contribution is 2.28. The van der Waals surface area contributed by atoms with Gasteiger partial charge in [0.2, 0.25) is 11.8 Å². The van der Waals surface area contributed by atoms with Crippen molar-refractivity contribution in [1.29, 1.82) is 0 Å². The van der Waals surface area contributed by atoms with E-state index in [4.69, 9.17) is 15.2 Å². The van der Waals surface area contributed by atoms with Gasteiger partial charge in [-0.15, -0.1) is 0 Å². The fraction of sp³-hybridized carbons (Fsp3) is 0.667. The van der Waals surface area contributed by atoms with Crippen molar-refractivity contribution in [2.24, 2.45) is 11.1 Å². The van der Waals surface area contributed by atoms with Gasteiger partial charge in [0.25, 0.3) is 5.91 Å². The van der Waals surface area contributed by atoms with Crippen LogP contribution in [0, 0.1) is 5.41 Å². The van der Waals surface area contributed by atoms with Gasteiger partial charge in [0.05, 0.1) is 26.4 Å². The molecule has 2 aliphatic rings. The molecule has 3 amide bonds. The van der Waals surface area contributed by atoms with Gasteiger partial charge in [-0.25, -0.2) is 0 Å². The van der Waals surface area contributed by atoms with Gasteiger partial charge in [0.15, 0.2) is 0 Å². The summed E-state index contributed by atoms with van der Waals surface area (Å²) in [6, 6.07) is 5.96. The summed E-state index contributed by atoms with van der Waals surface area (Å²) in [5.74, 6) is 0.104. The van der Waals surface area contributed by atoms with Crippen LogP contribution in [0.5, 0.6) is 5.75 Å². The first-order valence-electron chi connectivity index (χ1n) is 13.2. The minimum Gasteiger partial charge on any atom is -0.497 e. The number of hydrogen-bond donors (Lipinski definition) is 2. The second-order valence-electron chi connectivity index (χ2n) is 11.0. The number of benzene rings is 1. The number of amides is 3. The summed E-state index contributed by atoms with van der Waals surface area (Å²) < 4.78 is 10.8. The zero-order chi connectivity index (χ0) is 27.0. The van der Waals surface area contributed by atoms with Crippen LogP contribution in [0.3, 0.4) is 0 Å². The summed E-state index contributed by atoms with van der Waals surface area (Å²) in [5, 5.41) is 2.84. The van der Waals surface area contributed by atoms with Crippen molar-refractivity contribution < 1.29 is 23.9 Å². The standard InChI is InChI=1S/C27H43N5O5/c1-27(2,3)18-24(33)31(11-10-30-12-14-37-15-13-30)21-17-23(25(34)29-9-8-28)32(19-21)26(35)20-6-5-7-22(16-20)36-4/h5-7,16,21,23H,8-15,17-19,28H2,1-4H3,(H,29,34). The average molecular weight is 518 g/mol. The minimum atomic E-state index is -0.691. The van der Waals surface area contributed by atoms with Crippen molar-refractivity contribution in [3.63, 3.8) is 0 Å². The SMILES string of the molecule is COc1cccc(C(=O)N2CC(N(CCN3CCOCC3)C(=O)CC(C)(C)C)CC2C(=O)NCCN)c1. The smallest absolute Gasteiger partial charge is 0.254 e. The first-order valence-corrected chi connectivity index (χ1v) is 13.2. The molecule has 0 radical (unpaired) electrons. The third kappa shape index (κ3) is 8.15. The fourth-order valence-corrected chi connectivity index (χ4v) is 4.89. The molecule has 2 atom stereocenters. The Morgan fingerprint density at radius 1 is 1.22 bits per heavy atom. The number of hydrogen-bond acceptors (Lipinski definition) is 7. The van der Waals surface area contributed by atoms with Gasteiger partial charge in [-0.3, -0.25) is 19.3 Å². The first kappa shape index (κ1) is 28.9. The molecule has 1 aromatic rings. The van der Waals surface area contributed by atoms with Crippen molar-refractivity contribution in [1.82, 2.24) is 20.0 Å². The molecule has 10 nitrogen and oxygen atoms in total. The van der Waals surface area contributed by atoms with Crippen molar-refractivity contribution in [2.45, 2.75) is 45.7 Å². The Morgan fingerprint density at radius 2 is 1.95 bits per heavy atom. The molecule has 37 heavy (non-hydrogen) atoms. The molecule has 0 bridgehead atoms. The van der Waals surface area contributed by atoms with Crippen molar-refractivity contribution in [2.75, 3.05) is 66.1 Å². The van der Waals surface area contributed by atoms with Gasteiger partial charge in [0.1, 0.15) is 11.8 Å². The lowest BCUT2D eigenvalue weighted by atomic mass is 9.91. The topological polar surface area (TPSA) is 117 Å². The molecule has 2 fully saturated rings. The Kier molecular flexibility index (Phi) is 10.3. The number of nitrogens with two attached hydrogens (primary N) is 1. The maximum Gasteiger partial charge on any atom is 0.254 e. The van der Waals surface area contributed by atoms with Crippen LogP contribution in [0.25, 0.3) is 0 Å². The van der Waals surface area contributed by atoms with E-state index in [0.29, 0.717) is 57.0 Å². The van der Waals surface area contributed by atoms with Crippen molar-refractivity contribution in [3.8, 4) is 5.75 Å². The molecule has 0 aromatic heterocycles. The average Bonchev–Trinajstić information content (AvgIpc) is 3.31. The summed E-state index contributed by atoms with van der Waals surface area (Å²) >= 11 is 0. The van der Waals surface area contributed by atoms with Crippen LogP contribution in [0.2, 0.25) is 0 Å². The van der Waals surface area contributed by atoms with E-state index in [9.17, 15) is 14.4 Å². The molecule has 2 heterocycles. The monoisotopic (exact) mass is 517 g/mol. The minimum absolute atomic E-state index is 0.0440. The number of morpholine rings is 1. The molecule has 0 spiro atoms. The van der Waals surface area contributed by atoms with E-state index in [-0.39, 0.29) is 35.7 Å². The van der Waals surface area contributed by atoms with Gasteiger partial charge in [-0.2, -0.15) is 0 Å². The zero-order valence-corrected chi connectivity index (χ0v) is 22.7. The van der Waals surface area contributed by atoms with E-state index >= 15 is 0 Å². The number of nitrogens with zero attached hydrogens (tertiary/aromatic N) is 3. The molecule has 2 aliphatic heterocycles. The molecular formula is C27H43N5O5. The van der Waals surface area contributed by atoms with E-state index in [1.54, 1.807) is 36.3 Å². The second kappa shape index (κ2) is 13.2. The van der Waals surface area contributed by atoms with Crippen molar-refractivity contribution >= 4 is 17.7 Å². The highest BCUT2D eigenvalue weighted by atomic mass is 16.5. The van der Waals surface area contributed by atoms with Gasteiger partial charge in [-0.05, 0) is 30.0 Å². The number of rotatable bonds is 10. The molecule has 0 saturated carbocycles. The fourth-order valence-electron chi connectivity index (χ4n) is 4.89. The molecular weight excluding hydrogens is 474 g/mol. The largest absolute Gasteiger partial charge is 0.497 e. The lowest BCUT2D eigenvalue weighted by Gasteiger charge is -2.34. The van der Waals surface area contributed by atoms with Gasteiger partial charge < -0.3 is 30.3 Å².